The van der Waals surface area contributed by atoms with E-state index in [4.69, 9.17) is 9.15 Å². The number of amides is 1. The number of hydrogen-bond donors (Lipinski definition) is 1. The van der Waals surface area contributed by atoms with Gasteiger partial charge in [0.2, 0.25) is 5.95 Å². The number of benzene rings is 2. The Labute approximate surface area is 162 Å². The minimum atomic E-state index is -0.351. The van der Waals surface area contributed by atoms with Crippen molar-refractivity contribution in [1.82, 2.24) is 9.55 Å². The molecule has 1 amide bonds. The Morgan fingerprint density at radius 3 is 2.61 bits per heavy atom. The maximum absolute atomic E-state index is 12.5. The van der Waals surface area contributed by atoms with Crippen molar-refractivity contribution in [3.05, 3.63) is 77.2 Å². The van der Waals surface area contributed by atoms with Crippen LogP contribution in [0.1, 0.15) is 27.4 Å². The molecule has 142 valence electrons. The van der Waals surface area contributed by atoms with Gasteiger partial charge < -0.3 is 13.7 Å². The monoisotopic (exact) mass is 375 g/mol. The molecule has 0 aliphatic heterocycles. The number of carbonyl (C=O) groups excluding carboxylic acids is 1. The minimum absolute atomic E-state index is 0.214. The van der Waals surface area contributed by atoms with E-state index in [-0.39, 0.29) is 18.3 Å². The fraction of sp³-hybridized carbons (Fsp3) is 0.182. The fourth-order valence-electron chi connectivity index (χ4n) is 3.17. The third-order valence-corrected chi connectivity index (χ3v) is 4.47. The molecule has 2 aromatic carbocycles. The standard InChI is InChI=1S/C22H21N3O3/c1-14-10-15(2)12-17(11-14)27-13-16-8-9-20(28-16)21(26)24-22-23-18-6-4-5-7-19(18)25(22)3/h4-12H,13H2,1-3H3,(H,23,24,26). The normalized spacial score (nSPS) is 11.0. The van der Waals surface area contributed by atoms with Crippen LogP contribution in [0.2, 0.25) is 0 Å². The van der Waals surface area contributed by atoms with E-state index >= 15 is 0 Å². The van der Waals surface area contributed by atoms with E-state index in [0.717, 1.165) is 27.9 Å². The number of nitrogens with zero attached hydrogens (tertiary/aromatic N) is 2. The molecule has 1 N–H and O–H groups in total. The SMILES string of the molecule is Cc1cc(C)cc(OCc2ccc(C(=O)Nc3nc4ccccc4n3C)o2)c1. The summed E-state index contributed by atoms with van der Waals surface area (Å²) >= 11 is 0. The average molecular weight is 375 g/mol. The van der Waals surface area contributed by atoms with E-state index in [1.54, 1.807) is 12.1 Å². The van der Waals surface area contributed by atoms with E-state index in [2.05, 4.69) is 16.4 Å². The predicted molar refractivity (Wildman–Crippen MR) is 108 cm³/mol. The molecule has 6 heteroatoms. The van der Waals surface area contributed by atoms with Crippen LogP contribution in [0.25, 0.3) is 11.0 Å². The smallest absolute Gasteiger partial charge is 0.293 e. The topological polar surface area (TPSA) is 69.3 Å². The molecular weight excluding hydrogens is 354 g/mol. The van der Waals surface area contributed by atoms with Crippen molar-refractivity contribution in [1.29, 1.82) is 0 Å². The number of aromatic nitrogens is 2. The van der Waals surface area contributed by atoms with Crippen LogP contribution >= 0.6 is 0 Å². The molecule has 0 aliphatic rings. The lowest BCUT2D eigenvalue weighted by Crippen LogP contribution is -2.14. The largest absolute Gasteiger partial charge is 0.486 e. The van der Waals surface area contributed by atoms with Gasteiger partial charge in [-0.1, -0.05) is 18.2 Å². The van der Waals surface area contributed by atoms with Crippen molar-refractivity contribution in [2.24, 2.45) is 7.05 Å². The number of rotatable bonds is 5. The second kappa shape index (κ2) is 7.23. The summed E-state index contributed by atoms with van der Waals surface area (Å²) in [6.07, 6.45) is 0. The quantitative estimate of drug-likeness (QED) is 0.553. The second-order valence-corrected chi connectivity index (χ2v) is 6.82. The van der Waals surface area contributed by atoms with Crippen LogP contribution in [0.5, 0.6) is 5.75 Å². The number of nitrogens with one attached hydrogen (secondary N) is 1. The van der Waals surface area contributed by atoms with Crippen LogP contribution in [0.3, 0.4) is 0 Å². The van der Waals surface area contributed by atoms with Gasteiger partial charge in [0.15, 0.2) is 5.76 Å². The lowest BCUT2D eigenvalue weighted by atomic mass is 10.1. The summed E-state index contributed by atoms with van der Waals surface area (Å²) in [6, 6.07) is 17.1. The highest BCUT2D eigenvalue weighted by Crippen LogP contribution is 2.20. The van der Waals surface area contributed by atoms with Crippen molar-refractivity contribution in [2.45, 2.75) is 20.5 Å². The van der Waals surface area contributed by atoms with Gasteiger partial charge in [0.25, 0.3) is 5.91 Å². The number of hydrogen-bond acceptors (Lipinski definition) is 4. The Hall–Kier alpha value is -3.54. The summed E-state index contributed by atoms with van der Waals surface area (Å²) in [7, 11) is 1.86. The fourth-order valence-corrected chi connectivity index (χ4v) is 3.17. The molecule has 4 rings (SSSR count). The Morgan fingerprint density at radius 1 is 1.11 bits per heavy atom. The number of carbonyl (C=O) groups is 1. The molecule has 4 aromatic rings. The number of aryl methyl sites for hydroxylation is 3. The van der Waals surface area contributed by atoms with Crippen molar-refractivity contribution >= 4 is 22.9 Å². The van der Waals surface area contributed by atoms with Gasteiger partial charge >= 0.3 is 0 Å². The highest BCUT2D eigenvalue weighted by Gasteiger charge is 2.15. The first-order valence-corrected chi connectivity index (χ1v) is 9.02. The van der Waals surface area contributed by atoms with E-state index in [1.807, 2.05) is 61.9 Å². The van der Waals surface area contributed by atoms with Crippen molar-refractivity contribution in [3.8, 4) is 5.75 Å². The summed E-state index contributed by atoms with van der Waals surface area (Å²) in [4.78, 5) is 17.0. The van der Waals surface area contributed by atoms with Gasteiger partial charge in [0.1, 0.15) is 18.1 Å². The van der Waals surface area contributed by atoms with Crippen molar-refractivity contribution in [2.75, 3.05) is 5.32 Å². The third-order valence-electron chi connectivity index (χ3n) is 4.47. The summed E-state index contributed by atoms with van der Waals surface area (Å²) in [6.45, 7) is 4.30. The van der Waals surface area contributed by atoms with Crippen LogP contribution in [0.15, 0.2) is 59.0 Å². The van der Waals surface area contributed by atoms with Crippen molar-refractivity contribution in [3.63, 3.8) is 0 Å². The highest BCUT2D eigenvalue weighted by molar-refractivity contribution is 6.02. The zero-order valence-corrected chi connectivity index (χ0v) is 16.0. The van der Waals surface area contributed by atoms with Crippen molar-refractivity contribution < 1.29 is 13.9 Å². The van der Waals surface area contributed by atoms with E-state index in [1.165, 1.54) is 0 Å². The second-order valence-electron chi connectivity index (χ2n) is 6.82. The van der Waals surface area contributed by atoms with Crippen LogP contribution in [-0.4, -0.2) is 15.5 Å². The maximum Gasteiger partial charge on any atom is 0.293 e. The highest BCUT2D eigenvalue weighted by atomic mass is 16.5. The first kappa shape index (κ1) is 17.9. The Bertz CT molecular complexity index is 1140. The average Bonchev–Trinajstić information content (AvgIpc) is 3.25. The van der Waals surface area contributed by atoms with Crippen LogP contribution in [-0.2, 0) is 13.7 Å². The van der Waals surface area contributed by atoms with Gasteiger partial charge in [-0.2, -0.15) is 0 Å². The predicted octanol–water partition coefficient (Wildman–Crippen LogP) is 4.61. The van der Waals surface area contributed by atoms with E-state index < -0.39 is 0 Å². The zero-order valence-electron chi connectivity index (χ0n) is 16.0. The molecule has 6 nitrogen and oxygen atoms in total. The van der Waals surface area contributed by atoms with Crippen LogP contribution < -0.4 is 10.1 Å². The number of anilines is 1. The molecule has 0 bridgehead atoms. The van der Waals surface area contributed by atoms with Gasteiger partial charge in [-0.05, 0) is 61.4 Å². The molecular formula is C22H21N3O3. The lowest BCUT2D eigenvalue weighted by molar-refractivity contribution is 0.0991. The van der Waals surface area contributed by atoms with Gasteiger partial charge in [-0.25, -0.2) is 4.98 Å². The van der Waals surface area contributed by atoms with Gasteiger partial charge in [-0.3, -0.25) is 10.1 Å². The molecule has 0 aliphatic carbocycles. The van der Waals surface area contributed by atoms with Gasteiger partial charge in [0.05, 0.1) is 11.0 Å². The molecule has 0 saturated heterocycles. The molecule has 28 heavy (non-hydrogen) atoms. The Balaban J connectivity index is 1.44. The number of imidazole rings is 1. The molecule has 0 saturated carbocycles. The van der Waals surface area contributed by atoms with Gasteiger partial charge in [0, 0.05) is 7.05 Å². The van der Waals surface area contributed by atoms with E-state index in [9.17, 15) is 4.79 Å². The molecule has 2 aromatic heterocycles. The minimum Gasteiger partial charge on any atom is -0.486 e. The molecule has 2 heterocycles. The first-order chi connectivity index (χ1) is 13.5. The summed E-state index contributed by atoms with van der Waals surface area (Å²) in [5.41, 5.74) is 4.04. The molecule has 0 unspecified atom stereocenters. The van der Waals surface area contributed by atoms with E-state index in [0.29, 0.717) is 11.7 Å². The zero-order chi connectivity index (χ0) is 19.7. The first-order valence-electron chi connectivity index (χ1n) is 9.02. The summed E-state index contributed by atoms with van der Waals surface area (Å²) in [5.74, 6) is 1.69. The molecule has 0 radical (unpaired) electrons. The van der Waals surface area contributed by atoms with Crippen LogP contribution in [0, 0.1) is 13.8 Å². The Morgan fingerprint density at radius 2 is 1.86 bits per heavy atom. The summed E-state index contributed by atoms with van der Waals surface area (Å²) < 4.78 is 13.3. The van der Waals surface area contributed by atoms with Gasteiger partial charge in [-0.15, -0.1) is 0 Å². The maximum atomic E-state index is 12.5. The lowest BCUT2D eigenvalue weighted by Gasteiger charge is -2.07. The Kier molecular flexibility index (Phi) is 4.61. The molecule has 0 spiro atoms. The molecule has 0 fully saturated rings. The summed E-state index contributed by atoms with van der Waals surface area (Å²) in [5, 5.41) is 2.80. The number of furan rings is 1. The molecule has 0 atom stereocenters. The third kappa shape index (κ3) is 3.62. The van der Waals surface area contributed by atoms with Crippen LogP contribution in [0.4, 0.5) is 5.95 Å². The number of fused-ring (bicyclic) bond motifs is 1. The number of para-hydroxylation sites is 2. The number of ether oxygens (including phenoxy) is 1.